The Kier molecular flexibility index (Phi) is 4.26. The number of nitrogens with zero attached hydrogens (tertiary/aromatic N) is 1. The molecule has 0 bridgehead atoms. The molecule has 0 saturated heterocycles. The largest absolute Gasteiger partial charge is 0.475 e. The summed E-state index contributed by atoms with van der Waals surface area (Å²) in [6.45, 7) is 3.89. The Labute approximate surface area is 140 Å². The van der Waals surface area contributed by atoms with E-state index >= 15 is 0 Å². The highest BCUT2D eigenvalue weighted by Crippen LogP contribution is 2.49. The van der Waals surface area contributed by atoms with E-state index in [0.29, 0.717) is 16.6 Å². The van der Waals surface area contributed by atoms with Crippen molar-refractivity contribution in [3.05, 3.63) is 53.2 Å². The molecule has 1 aromatic carbocycles. The van der Waals surface area contributed by atoms with E-state index in [0.717, 1.165) is 18.4 Å². The second-order valence-corrected chi connectivity index (χ2v) is 6.53. The molecule has 1 heterocycles. The number of pyridine rings is 1. The molecule has 0 unspecified atom stereocenters. The van der Waals surface area contributed by atoms with Crippen molar-refractivity contribution in [1.29, 1.82) is 0 Å². The molecule has 0 atom stereocenters. The van der Waals surface area contributed by atoms with Gasteiger partial charge in [0.1, 0.15) is 0 Å². The lowest BCUT2D eigenvalue weighted by Crippen LogP contribution is -2.27. The number of benzene rings is 1. The molecule has 5 heteroatoms. The average molecular weight is 331 g/mol. The Morgan fingerprint density at radius 1 is 1.22 bits per heavy atom. The lowest BCUT2D eigenvalue weighted by atomic mass is 9.95. The summed E-state index contributed by atoms with van der Waals surface area (Å²) < 4.78 is 5.50. The molecule has 1 saturated carbocycles. The number of anilines is 1. The molecule has 0 aliphatic heterocycles. The standard InChI is InChI=1S/C18H19ClN2O2/c1-12(2)23-16-8-7-15(11-20-16)21-17(22)18(9-10-18)13-3-5-14(19)6-4-13/h3-8,11-12H,9-10H2,1-2H3,(H,21,22). The molecule has 23 heavy (non-hydrogen) atoms. The van der Waals surface area contributed by atoms with Gasteiger partial charge in [0, 0.05) is 11.1 Å². The van der Waals surface area contributed by atoms with Crippen LogP contribution in [0.3, 0.4) is 0 Å². The summed E-state index contributed by atoms with van der Waals surface area (Å²) in [5.41, 5.74) is 1.25. The average Bonchev–Trinajstić information content (AvgIpc) is 3.31. The minimum atomic E-state index is -0.433. The van der Waals surface area contributed by atoms with Crippen LogP contribution in [0.1, 0.15) is 32.3 Å². The molecule has 1 fully saturated rings. The van der Waals surface area contributed by atoms with Crippen LogP contribution in [0.15, 0.2) is 42.6 Å². The Morgan fingerprint density at radius 3 is 2.43 bits per heavy atom. The van der Waals surface area contributed by atoms with Crippen molar-refractivity contribution in [2.45, 2.75) is 38.2 Å². The molecule has 0 spiro atoms. The van der Waals surface area contributed by atoms with Gasteiger partial charge in [-0.15, -0.1) is 0 Å². The van der Waals surface area contributed by atoms with Crippen molar-refractivity contribution < 1.29 is 9.53 Å². The van der Waals surface area contributed by atoms with Crippen LogP contribution in [-0.2, 0) is 10.2 Å². The fraction of sp³-hybridized carbons (Fsp3) is 0.333. The second-order valence-electron chi connectivity index (χ2n) is 6.09. The van der Waals surface area contributed by atoms with Crippen LogP contribution in [-0.4, -0.2) is 17.0 Å². The number of hydrogen-bond donors (Lipinski definition) is 1. The lowest BCUT2D eigenvalue weighted by Gasteiger charge is -2.16. The molecule has 1 aliphatic carbocycles. The van der Waals surface area contributed by atoms with Gasteiger partial charge in [-0.3, -0.25) is 4.79 Å². The highest BCUT2D eigenvalue weighted by atomic mass is 35.5. The molecule has 0 radical (unpaired) electrons. The molecule has 1 aliphatic rings. The summed E-state index contributed by atoms with van der Waals surface area (Å²) in [6, 6.07) is 11.1. The van der Waals surface area contributed by atoms with Gasteiger partial charge in [0.25, 0.3) is 0 Å². The molecule has 3 rings (SSSR count). The van der Waals surface area contributed by atoms with E-state index in [1.54, 1.807) is 18.3 Å². The van der Waals surface area contributed by atoms with Crippen LogP contribution in [0.2, 0.25) is 5.02 Å². The fourth-order valence-corrected chi connectivity index (χ4v) is 2.68. The predicted octanol–water partition coefficient (Wildman–Crippen LogP) is 4.19. The first-order valence-electron chi connectivity index (χ1n) is 7.70. The summed E-state index contributed by atoms with van der Waals surface area (Å²) in [4.78, 5) is 16.8. The number of carbonyl (C=O) groups excluding carboxylic acids is 1. The molecular formula is C18H19ClN2O2. The third-order valence-corrected chi connectivity index (χ3v) is 4.18. The molecule has 1 aromatic heterocycles. The van der Waals surface area contributed by atoms with E-state index in [-0.39, 0.29) is 12.0 Å². The topological polar surface area (TPSA) is 51.2 Å². The van der Waals surface area contributed by atoms with Crippen molar-refractivity contribution >= 4 is 23.2 Å². The van der Waals surface area contributed by atoms with Gasteiger partial charge in [-0.2, -0.15) is 0 Å². The molecule has 4 nitrogen and oxygen atoms in total. The highest BCUT2D eigenvalue weighted by molar-refractivity contribution is 6.30. The van der Waals surface area contributed by atoms with Crippen LogP contribution in [0.25, 0.3) is 0 Å². The maximum atomic E-state index is 12.6. The van der Waals surface area contributed by atoms with Crippen molar-refractivity contribution in [2.75, 3.05) is 5.32 Å². The molecule has 1 N–H and O–H groups in total. The third-order valence-electron chi connectivity index (χ3n) is 3.93. The van der Waals surface area contributed by atoms with Gasteiger partial charge in [-0.05, 0) is 50.5 Å². The number of rotatable bonds is 5. The summed E-state index contributed by atoms with van der Waals surface area (Å²) in [5.74, 6) is 0.552. The maximum absolute atomic E-state index is 12.6. The third kappa shape index (κ3) is 3.48. The first kappa shape index (κ1) is 15.8. The summed E-state index contributed by atoms with van der Waals surface area (Å²) in [6.07, 6.45) is 3.39. The van der Waals surface area contributed by atoms with E-state index in [9.17, 15) is 4.79 Å². The fourth-order valence-electron chi connectivity index (χ4n) is 2.56. The van der Waals surface area contributed by atoms with Crippen LogP contribution in [0, 0.1) is 0 Å². The van der Waals surface area contributed by atoms with E-state index in [1.165, 1.54) is 0 Å². The van der Waals surface area contributed by atoms with Crippen LogP contribution in [0.5, 0.6) is 5.88 Å². The number of amides is 1. The summed E-state index contributed by atoms with van der Waals surface area (Å²) >= 11 is 5.92. The van der Waals surface area contributed by atoms with Gasteiger partial charge >= 0.3 is 0 Å². The quantitative estimate of drug-likeness (QED) is 0.894. The minimum absolute atomic E-state index is 0.000787. The number of ether oxygens (including phenoxy) is 1. The second kappa shape index (κ2) is 6.20. The van der Waals surface area contributed by atoms with Gasteiger partial charge in [0.15, 0.2) is 0 Å². The minimum Gasteiger partial charge on any atom is -0.475 e. The number of halogens is 1. The first-order chi connectivity index (χ1) is 11.0. The Balaban J connectivity index is 1.70. The van der Waals surface area contributed by atoms with E-state index in [2.05, 4.69) is 10.3 Å². The zero-order valence-electron chi connectivity index (χ0n) is 13.2. The van der Waals surface area contributed by atoms with Crippen molar-refractivity contribution in [3.63, 3.8) is 0 Å². The lowest BCUT2D eigenvalue weighted by molar-refractivity contribution is -0.118. The molecule has 120 valence electrons. The predicted molar refractivity (Wildman–Crippen MR) is 91.0 cm³/mol. The Hall–Kier alpha value is -2.07. The molecule has 2 aromatic rings. The van der Waals surface area contributed by atoms with Crippen LogP contribution in [0.4, 0.5) is 5.69 Å². The number of hydrogen-bond acceptors (Lipinski definition) is 3. The summed E-state index contributed by atoms with van der Waals surface area (Å²) in [5, 5.41) is 3.62. The van der Waals surface area contributed by atoms with E-state index in [1.807, 2.05) is 38.1 Å². The van der Waals surface area contributed by atoms with Crippen molar-refractivity contribution in [3.8, 4) is 5.88 Å². The smallest absolute Gasteiger partial charge is 0.235 e. The van der Waals surface area contributed by atoms with Crippen molar-refractivity contribution in [2.24, 2.45) is 0 Å². The van der Waals surface area contributed by atoms with Gasteiger partial charge < -0.3 is 10.1 Å². The van der Waals surface area contributed by atoms with E-state index in [4.69, 9.17) is 16.3 Å². The number of nitrogens with one attached hydrogen (secondary N) is 1. The van der Waals surface area contributed by atoms with Crippen LogP contribution < -0.4 is 10.1 Å². The monoisotopic (exact) mass is 330 g/mol. The number of carbonyl (C=O) groups is 1. The summed E-state index contributed by atoms with van der Waals surface area (Å²) in [7, 11) is 0. The van der Waals surface area contributed by atoms with Gasteiger partial charge in [0.05, 0.1) is 23.4 Å². The molecular weight excluding hydrogens is 312 g/mol. The SMILES string of the molecule is CC(C)Oc1ccc(NC(=O)C2(c3ccc(Cl)cc3)CC2)cn1. The highest BCUT2D eigenvalue weighted by Gasteiger charge is 2.51. The van der Waals surface area contributed by atoms with E-state index < -0.39 is 5.41 Å². The zero-order valence-corrected chi connectivity index (χ0v) is 13.9. The Bertz CT molecular complexity index is 692. The zero-order chi connectivity index (χ0) is 16.4. The van der Waals surface area contributed by atoms with Crippen molar-refractivity contribution in [1.82, 2.24) is 4.98 Å². The van der Waals surface area contributed by atoms with Gasteiger partial charge in [-0.25, -0.2) is 4.98 Å². The van der Waals surface area contributed by atoms with Crippen LogP contribution >= 0.6 is 11.6 Å². The number of aromatic nitrogens is 1. The molecule has 1 amide bonds. The normalized spacial score (nSPS) is 15.3. The van der Waals surface area contributed by atoms with Gasteiger partial charge in [0.2, 0.25) is 11.8 Å². The Morgan fingerprint density at radius 2 is 1.91 bits per heavy atom. The van der Waals surface area contributed by atoms with Gasteiger partial charge in [-0.1, -0.05) is 23.7 Å². The first-order valence-corrected chi connectivity index (χ1v) is 8.08. The maximum Gasteiger partial charge on any atom is 0.235 e.